The van der Waals surface area contributed by atoms with Gasteiger partial charge in [0.2, 0.25) is 0 Å². The zero-order valence-electron chi connectivity index (χ0n) is 13.7. The maximum absolute atomic E-state index is 13.7. The Hall–Kier alpha value is 2.30. The zero-order valence-corrected chi connectivity index (χ0v) is 22.7. The van der Waals surface area contributed by atoms with E-state index in [4.69, 9.17) is 139 Å². The largest absolute Gasteiger partial charge is 0.294 e. The normalized spacial score (nSPS) is 54.9. The third-order valence-electron chi connectivity index (χ3n) is 6.89. The molecule has 0 spiro atoms. The number of halogens is 12. The van der Waals surface area contributed by atoms with Gasteiger partial charge in [0.15, 0.2) is 20.2 Å². The minimum atomic E-state index is -2.02. The van der Waals surface area contributed by atoms with E-state index < -0.39 is 62.3 Å². The van der Waals surface area contributed by atoms with Crippen molar-refractivity contribution in [3.63, 3.8) is 0 Å². The van der Waals surface area contributed by atoms with Crippen molar-refractivity contribution in [2.75, 3.05) is 0 Å². The highest BCUT2D eigenvalue weighted by atomic mass is 35.5. The topological polar surface area (TPSA) is 34.1 Å². The van der Waals surface area contributed by atoms with E-state index in [1.807, 2.05) is 0 Å². The molecule has 5 rings (SSSR count). The molecule has 0 amide bonds. The molecule has 2 nitrogen and oxygen atoms in total. The Balaban J connectivity index is 1.82. The molecule has 3 saturated carbocycles. The van der Waals surface area contributed by atoms with Crippen molar-refractivity contribution in [3.8, 4) is 0 Å². The van der Waals surface area contributed by atoms with Crippen LogP contribution < -0.4 is 0 Å². The second-order valence-corrected chi connectivity index (χ2v) is 14.5. The van der Waals surface area contributed by atoms with Crippen LogP contribution in [0.2, 0.25) is 0 Å². The van der Waals surface area contributed by atoms with Crippen molar-refractivity contribution in [1.82, 2.24) is 0 Å². The molecule has 0 saturated heterocycles. The van der Waals surface area contributed by atoms with E-state index in [1.54, 1.807) is 0 Å². The summed E-state index contributed by atoms with van der Waals surface area (Å²) in [5.74, 6) is -4.32. The third kappa shape index (κ3) is 1.89. The highest BCUT2D eigenvalue weighted by molar-refractivity contribution is 6.75. The van der Waals surface area contributed by atoms with Crippen molar-refractivity contribution in [3.05, 3.63) is 21.2 Å². The van der Waals surface area contributed by atoms with Crippen LogP contribution in [0.15, 0.2) is 21.2 Å². The number of ketones is 2. The van der Waals surface area contributed by atoms with Gasteiger partial charge >= 0.3 is 0 Å². The second-order valence-electron chi connectivity index (χ2n) is 7.82. The number of carbonyl (C=O) groups is 2. The minimum Gasteiger partial charge on any atom is -0.294 e. The Bertz CT molecular complexity index is 969. The summed E-state index contributed by atoms with van der Waals surface area (Å²) >= 11 is 77.9. The van der Waals surface area contributed by atoms with Gasteiger partial charge in [-0.1, -0.05) is 69.6 Å². The standard InChI is InChI=1S/C16H4Cl12O2/c17-5-1-2(6(18)8(20)7(5)19)10(30)4-3(9(1)29)11(21)13(23,15(11,25)26)14(24)12(4,22)16(14,27)28/h3-6H. The summed E-state index contributed by atoms with van der Waals surface area (Å²) < 4.78 is -4.03. The van der Waals surface area contributed by atoms with Gasteiger partial charge in [0, 0.05) is 11.1 Å². The lowest BCUT2D eigenvalue weighted by Crippen LogP contribution is -2.59. The monoisotopic (exact) mass is 648 g/mol. The second kappa shape index (κ2) is 6.16. The molecule has 0 N–H and O–H groups in total. The lowest BCUT2D eigenvalue weighted by molar-refractivity contribution is -0.132. The van der Waals surface area contributed by atoms with E-state index in [2.05, 4.69) is 0 Å². The van der Waals surface area contributed by atoms with Crippen LogP contribution in [0.3, 0.4) is 0 Å². The Morgan fingerprint density at radius 2 is 0.833 bits per heavy atom. The molecule has 164 valence electrons. The molecule has 0 aliphatic heterocycles. The van der Waals surface area contributed by atoms with E-state index in [0.717, 1.165) is 0 Å². The van der Waals surface area contributed by atoms with Gasteiger partial charge in [-0.2, -0.15) is 0 Å². The maximum atomic E-state index is 13.7. The van der Waals surface area contributed by atoms with Crippen LogP contribution in [0, 0.1) is 11.8 Å². The van der Waals surface area contributed by atoms with E-state index in [0.29, 0.717) is 0 Å². The first kappa shape index (κ1) is 24.0. The fraction of sp³-hybridized carbons (Fsp3) is 0.625. The van der Waals surface area contributed by atoms with Crippen molar-refractivity contribution in [2.45, 2.75) is 38.9 Å². The van der Waals surface area contributed by atoms with Gasteiger partial charge in [-0.05, 0) is 0 Å². The summed E-state index contributed by atoms with van der Waals surface area (Å²) in [7, 11) is 0. The fourth-order valence-corrected chi connectivity index (χ4v) is 11.9. The molecule has 8 unspecified atom stereocenters. The van der Waals surface area contributed by atoms with Crippen LogP contribution in [0.1, 0.15) is 0 Å². The van der Waals surface area contributed by atoms with Gasteiger partial charge in [0.05, 0.1) is 32.7 Å². The molecule has 0 aromatic carbocycles. The molecule has 5 aliphatic rings. The molecule has 0 aromatic rings. The zero-order chi connectivity index (χ0) is 22.8. The van der Waals surface area contributed by atoms with E-state index in [9.17, 15) is 9.59 Å². The maximum Gasteiger partial charge on any atom is 0.167 e. The molecular weight excluding hydrogens is 650 g/mol. The van der Waals surface area contributed by atoms with E-state index in [-0.39, 0.29) is 21.2 Å². The van der Waals surface area contributed by atoms with Gasteiger partial charge in [-0.3, -0.25) is 9.59 Å². The van der Waals surface area contributed by atoms with Crippen LogP contribution in [-0.4, -0.2) is 50.5 Å². The Labute approximate surface area is 230 Å². The number of alkyl halides is 10. The fourth-order valence-electron chi connectivity index (χ4n) is 5.38. The van der Waals surface area contributed by atoms with Crippen molar-refractivity contribution in [2.24, 2.45) is 11.8 Å². The van der Waals surface area contributed by atoms with Crippen molar-refractivity contribution >= 4 is 151 Å². The van der Waals surface area contributed by atoms with Gasteiger partial charge in [-0.15, -0.1) is 69.6 Å². The molecule has 14 heteroatoms. The SMILES string of the molecule is O=C1C2=C(C(=O)C3C1C1(Cl)C(Cl)(Cl)C1(Cl)C1(Cl)C(Cl)(Cl)C31Cl)C(Cl)C(Cl)=C(Cl)C2Cl. The molecule has 0 radical (unpaired) electrons. The number of carbonyl (C=O) groups excluding carboxylic acids is 2. The van der Waals surface area contributed by atoms with Gasteiger partial charge < -0.3 is 0 Å². The van der Waals surface area contributed by atoms with E-state index >= 15 is 0 Å². The molecule has 0 heterocycles. The average Bonchev–Trinajstić information content (AvgIpc) is 3.22. The molecule has 0 bridgehead atoms. The first-order valence-corrected chi connectivity index (χ1v) is 12.8. The molecular formula is C16H4Cl12O2. The predicted octanol–water partition coefficient (Wildman–Crippen LogP) is 6.88. The third-order valence-corrected chi connectivity index (χ3v) is 15.6. The lowest BCUT2D eigenvalue weighted by atomic mass is 9.64. The first-order chi connectivity index (χ1) is 13.5. The van der Waals surface area contributed by atoms with Crippen molar-refractivity contribution < 1.29 is 9.59 Å². The van der Waals surface area contributed by atoms with Crippen LogP contribution in [0.4, 0.5) is 0 Å². The number of Topliss-reactive ketones (excluding diaryl/α,β-unsaturated/α-hetero) is 2. The summed E-state index contributed by atoms with van der Waals surface area (Å²) in [6, 6.07) is 0. The molecule has 0 aromatic heterocycles. The van der Waals surface area contributed by atoms with Crippen LogP contribution in [0.25, 0.3) is 0 Å². The average molecular weight is 654 g/mol. The molecule has 30 heavy (non-hydrogen) atoms. The smallest absolute Gasteiger partial charge is 0.167 e. The first-order valence-electron chi connectivity index (χ1n) is 8.13. The predicted molar refractivity (Wildman–Crippen MR) is 125 cm³/mol. The number of hydrogen-bond donors (Lipinski definition) is 0. The Kier molecular flexibility index (Phi) is 4.93. The van der Waals surface area contributed by atoms with Gasteiger partial charge in [0.1, 0.15) is 19.5 Å². The summed E-state index contributed by atoms with van der Waals surface area (Å²) in [5.41, 5.74) is -0.352. The van der Waals surface area contributed by atoms with Crippen LogP contribution >= 0.6 is 139 Å². The van der Waals surface area contributed by atoms with Crippen LogP contribution in [0.5, 0.6) is 0 Å². The Morgan fingerprint density at radius 1 is 0.567 bits per heavy atom. The van der Waals surface area contributed by atoms with Crippen LogP contribution in [-0.2, 0) is 9.59 Å². The minimum absolute atomic E-state index is 0.102. The van der Waals surface area contributed by atoms with E-state index in [1.165, 1.54) is 0 Å². The number of allylic oxidation sites excluding steroid dienone is 4. The summed E-state index contributed by atoms with van der Waals surface area (Å²) in [5, 5.41) is -2.71. The number of hydrogen-bond acceptors (Lipinski definition) is 2. The van der Waals surface area contributed by atoms with Gasteiger partial charge in [-0.25, -0.2) is 0 Å². The number of rotatable bonds is 0. The Morgan fingerprint density at radius 3 is 1.10 bits per heavy atom. The lowest BCUT2D eigenvalue weighted by Gasteiger charge is -2.45. The summed E-state index contributed by atoms with van der Waals surface area (Å²) in [6.45, 7) is 0. The molecule has 3 fully saturated rings. The summed E-state index contributed by atoms with van der Waals surface area (Å²) in [4.78, 5) is 19.6. The quantitative estimate of drug-likeness (QED) is 0.267. The highest BCUT2D eigenvalue weighted by Crippen LogP contribution is 2.96. The summed E-state index contributed by atoms with van der Waals surface area (Å²) in [6.07, 6.45) is 0. The molecule has 5 aliphatic carbocycles. The highest BCUT2D eigenvalue weighted by Gasteiger charge is 3.12. The van der Waals surface area contributed by atoms with Crippen molar-refractivity contribution in [1.29, 1.82) is 0 Å². The molecule has 8 atom stereocenters. The number of fused-ring (bicyclic) bond motifs is 6. The van der Waals surface area contributed by atoms with Gasteiger partial charge in [0.25, 0.3) is 0 Å².